The molecule has 33 heavy (non-hydrogen) atoms. The van der Waals surface area contributed by atoms with E-state index in [4.69, 9.17) is 16.3 Å². The Bertz CT molecular complexity index is 994. The molecule has 1 saturated heterocycles. The summed E-state index contributed by atoms with van der Waals surface area (Å²) in [4.78, 5) is 41.5. The summed E-state index contributed by atoms with van der Waals surface area (Å²) in [7, 11) is 2.99. The molecule has 0 bridgehead atoms. The number of ether oxygens (including phenoxy) is 1. The van der Waals surface area contributed by atoms with Gasteiger partial charge in [-0.05, 0) is 30.7 Å². The Balaban J connectivity index is 1.72. The molecule has 0 aliphatic carbocycles. The van der Waals surface area contributed by atoms with Crippen molar-refractivity contribution >= 4 is 35.5 Å². The number of likely N-dealkylation sites (N-methyl/N-ethyl adjacent to an activating group) is 1. The normalized spacial score (nSPS) is 15.4. The summed E-state index contributed by atoms with van der Waals surface area (Å²) in [5, 5.41) is 5.96. The Labute approximate surface area is 198 Å². The molecule has 2 aromatic rings. The number of carbonyl (C=O) groups excluding carboxylic acids is 3. The summed E-state index contributed by atoms with van der Waals surface area (Å²) in [6.45, 7) is 2.50. The Morgan fingerprint density at radius 1 is 1.12 bits per heavy atom. The molecule has 0 saturated carbocycles. The van der Waals surface area contributed by atoms with Gasteiger partial charge in [-0.15, -0.1) is 0 Å². The molecule has 1 aliphatic rings. The summed E-state index contributed by atoms with van der Waals surface area (Å²) in [5.74, 6) is -0.0349. The number of carbonyl (C=O) groups is 3. The van der Waals surface area contributed by atoms with Crippen LogP contribution in [0.15, 0.2) is 48.5 Å². The predicted octanol–water partition coefficient (Wildman–Crippen LogP) is 2.16. The third-order valence-corrected chi connectivity index (χ3v) is 6.24. The molecule has 1 aliphatic heterocycles. The minimum absolute atomic E-state index is 0.0726. The molecule has 2 aromatic carbocycles. The van der Waals surface area contributed by atoms with Crippen molar-refractivity contribution in [1.82, 2.24) is 15.5 Å². The van der Waals surface area contributed by atoms with Crippen LogP contribution in [0, 0.1) is 0 Å². The van der Waals surface area contributed by atoms with Crippen molar-refractivity contribution in [3.63, 3.8) is 0 Å². The van der Waals surface area contributed by atoms with Gasteiger partial charge in [-0.25, -0.2) is 0 Å². The number of methoxy groups -OCH3 is 1. The number of benzene rings is 2. The molecule has 8 nitrogen and oxygen atoms in total. The number of rotatable bonds is 9. The minimum atomic E-state index is -1.43. The number of anilines is 1. The molecular weight excluding hydrogens is 444 g/mol. The number of hydrogen-bond acceptors (Lipinski definition) is 5. The van der Waals surface area contributed by atoms with Crippen LogP contribution in [0.5, 0.6) is 5.75 Å². The van der Waals surface area contributed by atoms with Crippen LogP contribution in [-0.2, 0) is 19.9 Å². The van der Waals surface area contributed by atoms with Gasteiger partial charge in [-0.2, -0.15) is 0 Å². The molecule has 9 heteroatoms. The van der Waals surface area contributed by atoms with Crippen LogP contribution < -0.4 is 20.3 Å². The summed E-state index contributed by atoms with van der Waals surface area (Å²) in [5.41, 5.74) is 0.0959. The van der Waals surface area contributed by atoms with Crippen molar-refractivity contribution in [3.8, 4) is 5.75 Å². The zero-order chi connectivity index (χ0) is 23.8. The highest BCUT2D eigenvalue weighted by Crippen LogP contribution is 2.34. The van der Waals surface area contributed by atoms with Crippen LogP contribution in [0.25, 0.3) is 0 Å². The number of nitrogens with one attached hydrogen (secondary N) is 2. The van der Waals surface area contributed by atoms with E-state index in [1.165, 1.54) is 14.2 Å². The molecule has 0 aromatic heterocycles. The van der Waals surface area contributed by atoms with Gasteiger partial charge >= 0.3 is 0 Å². The molecule has 1 heterocycles. The number of nitrogens with zero attached hydrogens (tertiary/aromatic N) is 2. The molecule has 3 amide bonds. The lowest BCUT2D eigenvalue weighted by Gasteiger charge is -2.37. The minimum Gasteiger partial charge on any atom is -0.496 e. The molecule has 3 rings (SSSR count). The van der Waals surface area contributed by atoms with Gasteiger partial charge in [0.15, 0.2) is 0 Å². The highest BCUT2D eigenvalue weighted by molar-refractivity contribution is 6.30. The number of halogens is 1. The van der Waals surface area contributed by atoms with Gasteiger partial charge in [-0.1, -0.05) is 35.9 Å². The number of amides is 3. The van der Waals surface area contributed by atoms with Gasteiger partial charge in [0.05, 0.1) is 7.11 Å². The molecule has 0 radical (unpaired) electrons. The largest absolute Gasteiger partial charge is 0.496 e. The Kier molecular flexibility index (Phi) is 8.16. The second-order valence-electron chi connectivity index (χ2n) is 7.79. The van der Waals surface area contributed by atoms with Crippen LogP contribution in [-0.4, -0.2) is 63.5 Å². The summed E-state index contributed by atoms with van der Waals surface area (Å²) >= 11 is 6.10. The predicted molar refractivity (Wildman–Crippen MR) is 127 cm³/mol. The van der Waals surface area contributed by atoms with Crippen molar-refractivity contribution in [1.29, 1.82) is 0 Å². The maximum atomic E-state index is 13.1. The second kappa shape index (κ2) is 11.0. The van der Waals surface area contributed by atoms with Crippen LogP contribution in [0.1, 0.15) is 18.4 Å². The monoisotopic (exact) mass is 472 g/mol. The van der Waals surface area contributed by atoms with E-state index in [-0.39, 0.29) is 18.7 Å². The van der Waals surface area contributed by atoms with Gasteiger partial charge in [0.1, 0.15) is 11.3 Å². The third kappa shape index (κ3) is 5.39. The standard InChI is InChI=1S/C24H29ClN4O4/c1-26-23(32)24(27-17-30,20-8-3-4-9-21(20)33-2)11-10-22(31)29-14-12-28(13-15-29)19-7-5-6-18(25)16-19/h3-9,16-17H,10-15H2,1-2H3,(H,26,32)(H,27,30). The average molecular weight is 473 g/mol. The zero-order valence-corrected chi connectivity index (χ0v) is 19.6. The first-order valence-electron chi connectivity index (χ1n) is 10.8. The molecular formula is C24H29ClN4O4. The summed E-state index contributed by atoms with van der Waals surface area (Å²) < 4.78 is 5.43. The van der Waals surface area contributed by atoms with E-state index in [2.05, 4.69) is 15.5 Å². The van der Waals surface area contributed by atoms with E-state index in [9.17, 15) is 14.4 Å². The first-order chi connectivity index (χ1) is 15.9. The van der Waals surface area contributed by atoms with Crippen LogP contribution in [0.4, 0.5) is 5.69 Å². The van der Waals surface area contributed by atoms with Crippen molar-refractivity contribution in [2.45, 2.75) is 18.4 Å². The van der Waals surface area contributed by atoms with Gasteiger partial charge in [-0.3, -0.25) is 14.4 Å². The number of hydrogen-bond donors (Lipinski definition) is 2. The molecule has 0 spiro atoms. The quantitative estimate of drug-likeness (QED) is 0.546. The zero-order valence-electron chi connectivity index (χ0n) is 18.8. The first-order valence-corrected chi connectivity index (χ1v) is 11.2. The van der Waals surface area contributed by atoms with Crippen LogP contribution in [0.3, 0.4) is 0 Å². The lowest BCUT2D eigenvalue weighted by molar-refractivity contribution is -0.134. The van der Waals surface area contributed by atoms with Crippen LogP contribution in [0.2, 0.25) is 5.02 Å². The van der Waals surface area contributed by atoms with E-state index < -0.39 is 11.4 Å². The van der Waals surface area contributed by atoms with E-state index in [1.807, 2.05) is 24.3 Å². The molecule has 1 fully saturated rings. The highest BCUT2D eigenvalue weighted by Gasteiger charge is 2.42. The number of piperazine rings is 1. The van der Waals surface area contributed by atoms with Gasteiger partial charge in [0.2, 0.25) is 18.2 Å². The van der Waals surface area contributed by atoms with Crippen molar-refractivity contribution in [2.75, 3.05) is 45.2 Å². The van der Waals surface area contributed by atoms with Gasteiger partial charge < -0.3 is 25.2 Å². The summed E-state index contributed by atoms with van der Waals surface area (Å²) in [6, 6.07) is 14.6. The maximum Gasteiger partial charge on any atom is 0.250 e. The summed E-state index contributed by atoms with van der Waals surface area (Å²) in [6.07, 6.45) is 0.665. The highest BCUT2D eigenvalue weighted by atomic mass is 35.5. The van der Waals surface area contributed by atoms with Crippen molar-refractivity contribution in [2.24, 2.45) is 0 Å². The lowest BCUT2D eigenvalue weighted by Crippen LogP contribution is -2.54. The molecule has 1 unspecified atom stereocenters. The second-order valence-corrected chi connectivity index (χ2v) is 8.23. The fraction of sp³-hybridized carbons (Fsp3) is 0.375. The average Bonchev–Trinajstić information content (AvgIpc) is 2.86. The Hall–Kier alpha value is -3.26. The van der Waals surface area contributed by atoms with E-state index >= 15 is 0 Å². The van der Waals surface area contributed by atoms with E-state index in [0.29, 0.717) is 48.9 Å². The fourth-order valence-electron chi connectivity index (χ4n) is 4.24. The molecule has 2 N–H and O–H groups in total. The molecule has 176 valence electrons. The van der Waals surface area contributed by atoms with E-state index in [0.717, 1.165) is 5.69 Å². The van der Waals surface area contributed by atoms with E-state index in [1.54, 1.807) is 29.2 Å². The van der Waals surface area contributed by atoms with Crippen molar-refractivity contribution in [3.05, 3.63) is 59.1 Å². The van der Waals surface area contributed by atoms with Gasteiger partial charge in [0.25, 0.3) is 0 Å². The smallest absolute Gasteiger partial charge is 0.250 e. The molecule has 1 atom stereocenters. The fourth-order valence-corrected chi connectivity index (χ4v) is 4.42. The van der Waals surface area contributed by atoms with Crippen molar-refractivity contribution < 1.29 is 19.1 Å². The topological polar surface area (TPSA) is 91.0 Å². The third-order valence-electron chi connectivity index (χ3n) is 6.01. The maximum absolute atomic E-state index is 13.1. The number of para-hydroxylation sites is 1. The Morgan fingerprint density at radius 3 is 2.48 bits per heavy atom. The first kappa shape index (κ1) is 24.4. The van der Waals surface area contributed by atoms with Gasteiger partial charge in [0, 0.05) is 55.9 Å². The van der Waals surface area contributed by atoms with Crippen LogP contribution >= 0.6 is 11.6 Å². The Morgan fingerprint density at radius 2 is 1.85 bits per heavy atom. The SMILES string of the molecule is CNC(=O)C(CCC(=O)N1CCN(c2cccc(Cl)c2)CC1)(NC=O)c1ccccc1OC. The lowest BCUT2D eigenvalue weighted by atomic mass is 9.83.